The molecule has 0 saturated carbocycles. The molecule has 0 aromatic heterocycles. The van der Waals surface area contributed by atoms with Gasteiger partial charge in [-0.2, -0.15) is 0 Å². The number of carbonyl (C=O) groups excluding carboxylic acids is 3. The molecule has 1 fully saturated rings. The highest BCUT2D eigenvalue weighted by atomic mass is 79.9. The number of ether oxygens (including phenoxy) is 2. The standard InChI is InChI=1S/C26H21BrN2O5/c1-16-3-5-17(6-4-16)15-34-22-12-7-18(14-23(22)33-2)13-21-24(30)28-26(32)29(25(21)31)20-10-8-19(27)9-11-20/h3-14H,15H2,1-2H3,(H,28,30,32)/b21-13+. The third kappa shape index (κ3) is 5.02. The highest BCUT2D eigenvalue weighted by Gasteiger charge is 2.36. The number of imide groups is 2. The fourth-order valence-electron chi connectivity index (χ4n) is 3.39. The Balaban J connectivity index is 1.58. The topological polar surface area (TPSA) is 84.9 Å². The number of benzene rings is 3. The Morgan fingerprint density at radius 2 is 1.65 bits per heavy atom. The van der Waals surface area contributed by atoms with Crippen LogP contribution in [0.3, 0.4) is 0 Å². The Hall–Kier alpha value is -3.91. The number of halogens is 1. The van der Waals surface area contributed by atoms with E-state index < -0.39 is 17.8 Å². The third-order valence-electron chi connectivity index (χ3n) is 5.20. The smallest absolute Gasteiger partial charge is 0.335 e. The Morgan fingerprint density at radius 3 is 2.32 bits per heavy atom. The third-order valence-corrected chi connectivity index (χ3v) is 5.73. The molecule has 0 atom stereocenters. The van der Waals surface area contributed by atoms with Crippen LogP contribution in [-0.4, -0.2) is 25.0 Å². The van der Waals surface area contributed by atoms with Crippen molar-refractivity contribution >= 4 is 45.5 Å². The summed E-state index contributed by atoms with van der Waals surface area (Å²) in [5.74, 6) is -0.501. The molecule has 0 radical (unpaired) electrons. The van der Waals surface area contributed by atoms with Gasteiger partial charge in [0.1, 0.15) is 12.2 Å². The van der Waals surface area contributed by atoms with Gasteiger partial charge in [-0.05, 0) is 60.5 Å². The van der Waals surface area contributed by atoms with Crippen LogP contribution in [0.4, 0.5) is 10.5 Å². The molecular formula is C26H21BrN2O5. The Kier molecular flexibility index (Phi) is 6.79. The lowest BCUT2D eigenvalue weighted by atomic mass is 10.1. The molecule has 0 bridgehead atoms. The maximum Gasteiger partial charge on any atom is 0.335 e. The van der Waals surface area contributed by atoms with Gasteiger partial charge in [-0.15, -0.1) is 0 Å². The fraction of sp³-hybridized carbons (Fsp3) is 0.115. The van der Waals surface area contributed by atoms with Crippen molar-refractivity contribution in [2.45, 2.75) is 13.5 Å². The second-order valence-electron chi connectivity index (χ2n) is 7.62. The minimum Gasteiger partial charge on any atom is -0.493 e. The first kappa shape index (κ1) is 23.3. The molecule has 34 heavy (non-hydrogen) atoms. The van der Waals surface area contributed by atoms with E-state index in [9.17, 15) is 14.4 Å². The van der Waals surface area contributed by atoms with E-state index in [1.54, 1.807) is 42.5 Å². The number of hydrogen-bond donors (Lipinski definition) is 1. The second kappa shape index (κ2) is 9.93. The number of nitrogens with one attached hydrogen (secondary N) is 1. The van der Waals surface area contributed by atoms with Crippen LogP contribution in [-0.2, 0) is 16.2 Å². The van der Waals surface area contributed by atoms with Crippen LogP contribution < -0.4 is 19.7 Å². The van der Waals surface area contributed by atoms with Gasteiger partial charge in [0.15, 0.2) is 11.5 Å². The molecule has 0 aliphatic carbocycles. The fourth-order valence-corrected chi connectivity index (χ4v) is 3.65. The molecule has 3 aromatic rings. The average Bonchev–Trinajstić information content (AvgIpc) is 2.83. The Bertz CT molecular complexity index is 1280. The molecule has 172 valence electrons. The quantitative estimate of drug-likeness (QED) is 0.364. The van der Waals surface area contributed by atoms with Crippen molar-refractivity contribution in [2.24, 2.45) is 0 Å². The van der Waals surface area contributed by atoms with E-state index in [0.29, 0.717) is 29.4 Å². The monoisotopic (exact) mass is 520 g/mol. The summed E-state index contributed by atoms with van der Waals surface area (Å²) in [7, 11) is 1.51. The summed E-state index contributed by atoms with van der Waals surface area (Å²) < 4.78 is 12.1. The molecule has 4 rings (SSSR count). The molecule has 0 spiro atoms. The summed E-state index contributed by atoms with van der Waals surface area (Å²) in [6, 6.07) is 18.9. The Morgan fingerprint density at radius 1 is 0.941 bits per heavy atom. The zero-order valence-corrected chi connectivity index (χ0v) is 20.1. The van der Waals surface area contributed by atoms with E-state index in [0.717, 1.165) is 14.9 Å². The number of anilines is 1. The molecule has 3 aromatic carbocycles. The summed E-state index contributed by atoms with van der Waals surface area (Å²) in [6.07, 6.45) is 1.42. The summed E-state index contributed by atoms with van der Waals surface area (Å²) in [5, 5.41) is 2.22. The van der Waals surface area contributed by atoms with Crippen LogP contribution in [0, 0.1) is 6.92 Å². The van der Waals surface area contributed by atoms with Crippen molar-refractivity contribution in [1.82, 2.24) is 5.32 Å². The number of hydrogen-bond acceptors (Lipinski definition) is 5. The van der Waals surface area contributed by atoms with E-state index >= 15 is 0 Å². The van der Waals surface area contributed by atoms with Crippen LogP contribution >= 0.6 is 15.9 Å². The molecule has 1 N–H and O–H groups in total. The van der Waals surface area contributed by atoms with Crippen LogP contribution in [0.25, 0.3) is 6.08 Å². The molecule has 8 heteroatoms. The van der Waals surface area contributed by atoms with Crippen LogP contribution in [0.5, 0.6) is 11.5 Å². The van der Waals surface area contributed by atoms with Crippen LogP contribution in [0.2, 0.25) is 0 Å². The van der Waals surface area contributed by atoms with E-state index in [1.165, 1.54) is 18.7 Å². The first-order valence-electron chi connectivity index (χ1n) is 10.4. The van der Waals surface area contributed by atoms with Gasteiger partial charge in [0.25, 0.3) is 11.8 Å². The first-order valence-corrected chi connectivity index (χ1v) is 11.2. The number of urea groups is 1. The van der Waals surface area contributed by atoms with Gasteiger partial charge < -0.3 is 9.47 Å². The lowest BCUT2D eigenvalue weighted by molar-refractivity contribution is -0.122. The van der Waals surface area contributed by atoms with Crippen molar-refractivity contribution < 1.29 is 23.9 Å². The maximum atomic E-state index is 13.0. The van der Waals surface area contributed by atoms with Crippen molar-refractivity contribution in [1.29, 1.82) is 0 Å². The largest absolute Gasteiger partial charge is 0.493 e. The predicted molar refractivity (Wildman–Crippen MR) is 132 cm³/mol. The van der Waals surface area contributed by atoms with Crippen molar-refractivity contribution in [2.75, 3.05) is 12.0 Å². The van der Waals surface area contributed by atoms with Crippen molar-refractivity contribution in [3.05, 3.63) is 93.5 Å². The minimum absolute atomic E-state index is 0.169. The van der Waals surface area contributed by atoms with Gasteiger partial charge in [0.2, 0.25) is 0 Å². The van der Waals surface area contributed by atoms with Gasteiger partial charge in [0.05, 0.1) is 12.8 Å². The number of amides is 4. The summed E-state index contributed by atoms with van der Waals surface area (Å²) in [4.78, 5) is 38.8. The van der Waals surface area contributed by atoms with Gasteiger partial charge in [0, 0.05) is 4.47 Å². The number of rotatable bonds is 6. The first-order chi connectivity index (χ1) is 16.4. The number of carbonyl (C=O) groups is 3. The minimum atomic E-state index is -0.799. The van der Waals surface area contributed by atoms with E-state index in [1.807, 2.05) is 31.2 Å². The number of nitrogens with zero attached hydrogens (tertiary/aromatic N) is 1. The number of aryl methyl sites for hydroxylation is 1. The molecule has 1 aliphatic heterocycles. The molecule has 1 aliphatic rings. The summed E-state index contributed by atoms with van der Waals surface area (Å²) in [5.41, 5.74) is 2.91. The highest BCUT2D eigenvalue weighted by molar-refractivity contribution is 9.10. The van der Waals surface area contributed by atoms with Gasteiger partial charge >= 0.3 is 6.03 Å². The lowest BCUT2D eigenvalue weighted by Crippen LogP contribution is -2.54. The predicted octanol–water partition coefficient (Wildman–Crippen LogP) is 5.01. The molecule has 1 heterocycles. The van der Waals surface area contributed by atoms with E-state index in [2.05, 4.69) is 21.2 Å². The SMILES string of the molecule is COc1cc(/C=C2\C(=O)NC(=O)N(c3ccc(Br)cc3)C2=O)ccc1OCc1ccc(C)cc1. The second-order valence-corrected chi connectivity index (χ2v) is 8.53. The average molecular weight is 521 g/mol. The lowest BCUT2D eigenvalue weighted by Gasteiger charge is -2.26. The highest BCUT2D eigenvalue weighted by Crippen LogP contribution is 2.30. The molecule has 0 unspecified atom stereocenters. The van der Waals surface area contributed by atoms with Crippen LogP contribution in [0.15, 0.2) is 76.8 Å². The van der Waals surface area contributed by atoms with Gasteiger partial charge in [-0.25, -0.2) is 9.69 Å². The van der Waals surface area contributed by atoms with E-state index in [4.69, 9.17) is 9.47 Å². The maximum absolute atomic E-state index is 13.0. The molecule has 1 saturated heterocycles. The molecular weight excluding hydrogens is 500 g/mol. The summed E-state index contributed by atoms with van der Waals surface area (Å²) in [6.45, 7) is 2.38. The van der Waals surface area contributed by atoms with Crippen LogP contribution in [0.1, 0.15) is 16.7 Å². The molecule has 7 nitrogen and oxygen atoms in total. The zero-order valence-electron chi connectivity index (χ0n) is 18.5. The van der Waals surface area contributed by atoms with Gasteiger partial charge in [-0.1, -0.05) is 51.8 Å². The van der Waals surface area contributed by atoms with Crippen molar-refractivity contribution in [3.8, 4) is 11.5 Å². The number of barbiturate groups is 1. The summed E-state index contributed by atoms with van der Waals surface area (Å²) >= 11 is 3.32. The Labute approximate surface area is 205 Å². The van der Waals surface area contributed by atoms with Gasteiger partial charge in [-0.3, -0.25) is 14.9 Å². The number of methoxy groups -OCH3 is 1. The zero-order chi connectivity index (χ0) is 24.2. The molecule has 4 amide bonds. The van der Waals surface area contributed by atoms with E-state index in [-0.39, 0.29) is 5.57 Å². The van der Waals surface area contributed by atoms with Crippen molar-refractivity contribution in [3.63, 3.8) is 0 Å². The normalized spacial score (nSPS) is 14.9.